The average Bonchev–Trinajstić information content (AvgIpc) is 1.36. The smallest absolute Gasteiger partial charge is 1.00 e. The van der Waals surface area contributed by atoms with E-state index >= 15 is 0 Å². The first-order chi connectivity index (χ1) is 2.64. The summed E-state index contributed by atoms with van der Waals surface area (Å²) in [4.78, 5) is 0. The van der Waals surface area contributed by atoms with Crippen molar-refractivity contribution in [2.24, 2.45) is 0 Å². The molecule has 0 aliphatic carbocycles. The molecule has 0 unspecified atom stereocenters. The zero-order valence-electron chi connectivity index (χ0n) is 5.79. The first kappa shape index (κ1) is 15.9. The summed E-state index contributed by atoms with van der Waals surface area (Å²) in [6, 6.07) is 0. The predicted molar refractivity (Wildman–Crippen MR) is 35.2 cm³/mol. The fourth-order valence-electron chi connectivity index (χ4n) is 0. The summed E-state index contributed by atoms with van der Waals surface area (Å²) >= 11 is 0. The number of halogens is 1. The molecule has 0 amide bonds. The minimum Gasteiger partial charge on any atom is -1.00 e. The van der Waals surface area contributed by atoms with E-state index in [1.165, 1.54) is 11.5 Å². The zero-order valence-corrected chi connectivity index (χ0v) is 7.96. The Kier molecular flexibility index (Phi) is 15.2. The third-order valence-corrected chi connectivity index (χ3v) is 0.854. The van der Waals surface area contributed by atoms with Gasteiger partial charge in [-0.2, -0.15) is 0 Å². The van der Waals surface area contributed by atoms with Gasteiger partial charge in [0.25, 0.3) is 0 Å². The Labute approximate surface area is 74.3 Å². The molecule has 0 aliphatic rings. The predicted octanol–water partition coefficient (Wildman–Crippen LogP) is -1.20. The first-order valence-corrected chi connectivity index (χ1v) is 2.10. The molecule has 0 heterocycles. The van der Waals surface area contributed by atoms with Gasteiger partial charge in [-0.1, -0.05) is 6.92 Å². The number of hydrogen-bond acceptors (Lipinski definition) is 0. The van der Waals surface area contributed by atoms with E-state index in [1.807, 2.05) is 6.92 Å². The molecule has 0 nitrogen and oxygen atoms in total. The van der Waals surface area contributed by atoms with Crippen LogP contribution >= 0.6 is 0 Å². The topological polar surface area (TPSA) is 0 Å². The molecule has 44 valence electrons. The van der Waals surface area contributed by atoms with Gasteiger partial charge in [-0.25, -0.2) is 18.1 Å². The Morgan fingerprint density at radius 3 is 1.50 bits per heavy atom. The van der Waals surface area contributed by atoms with E-state index in [-0.39, 0.29) is 35.5 Å². The maximum Gasteiger partial charge on any atom is 2.00 e. The summed E-state index contributed by atoms with van der Waals surface area (Å²) < 4.78 is 0. The van der Waals surface area contributed by atoms with Crippen molar-refractivity contribution >= 4 is 23.1 Å². The van der Waals surface area contributed by atoms with Gasteiger partial charge in [-0.05, 0) is 0 Å². The van der Waals surface area contributed by atoms with Crippen molar-refractivity contribution in [2.45, 2.75) is 20.8 Å². The van der Waals surface area contributed by atoms with Crippen molar-refractivity contribution in [1.29, 1.82) is 0 Å². The van der Waals surface area contributed by atoms with Gasteiger partial charge in [-0.3, -0.25) is 0 Å². The van der Waals surface area contributed by atoms with Crippen LogP contribution in [0.25, 0.3) is 0 Å². The van der Waals surface area contributed by atoms with Crippen LogP contribution in [0.3, 0.4) is 0 Å². The molecule has 0 N–H and O–H groups in total. The van der Waals surface area contributed by atoms with Crippen LogP contribution in [0.4, 0.5) is 0 Å². The number of allylic oxidation sites excluding steroid dienone is 1. The standard InChI is InChI=1S/C6H11.ClH.Mg/c1-5(2)6(3)4;;/h1H2,2-4H3;1H;/q-1;;+2/p-1. The van der Waals surface area contributed by atoms with Crippen molar-refractivity contribution in [1.82, 2.24) is 0 Å². The van der Waals surface area contributed by atoms with Crippen molar-refractivity contribution in [3.05, 3.63) is 18.1 Å². The van der Waals surface area contributed by atoms with Crippen molar-refractivity contribution in [3.8, 4) is 0 Å². The van der Waals surface area contributed by atoms with Crippen LogP contribution in [0.15, 0.2) is 12.2 Å². The Hall–Kier alpha value is 0.666. The van der Waals surface area contributed by atoms with Gasteiger partial charge < -0.3 is 12.4 Å². The van der Waals surface area contributed by atoms with Crippen LogP contribution in [0.2, 0.25) is 0 Å². The summed E-state index contributed by atoms with van der Waals surface area (Å²) in [6.45, 7) is 9.84. The molecule has 0 bridgehead atoms. The molecular weight excluding hydrogens is 132 g/mol. The van der Waals surface area contributed by atoms with E-state index in [9.17, 15) is 0 Å². The fourth-order valence-corrected chi connectivity index (χ4v) is 0. The van der Waals surface area contributed by atoms with Gasteiger partial charge in [0.05, 0.1) is 0 Å². The molecular formula is C6H11ClMg. The van der Waals surface area contributed by atoms with Crippen LogP contribution in [0.1, 0.15) is 20.8 Å². The minimum atomic E-state index is 0. The van der Waals surface area contributed by atoms with Gasteiger partial charge in [-0.15, -0.1) is 13.8 Å². The molecule has 0 saturated carbocycles. The first-order valence-electron chi connectivity index (χ1n) is 2.10. The van der Waals surface area contributed by atoms with Gasteiger partial charge in [0.2, 0.25) is 0 Å². The monoisotopic (exact) mass is 142 g/mol. The summed E-state index contributed by atoms with van der Waals surface area (Å²) in [7, 11) is 0. The van der Waals surface area contributed by atoms with Gasteiger partial charge in [0.1, 0.15) is 0 Å². The molecule has 0 aliphatic heterocycles. The zero-order chi connectivity index (χ0) is 5.15. The molecule has 0 fully saturated rings. The normalized spacial score (nSPS) is 5.88. The maximum atomic E-state index is 3.72. The number of rotatable bonds is 1. The molecule has 0 aromatic heterocycles. The Bertz CT molecular complexity index is 59.5. The molecule has 0 atom stereocenters. The van der Waals surface area contributed by atoms with Crippen LogP contribution in [-0.2, 0) is 0 Å². The maximum absolute atomic E-state index is 3.72. The average molecular weight is 143 g/mol. The van der Waals surface area contributed by atoms with Crippen molar-refractivity contribution < 1.29 is 12.4 Å². The van der Waals surface area contributed by atoms with Crippen molar-refractivity contribution in [3.63, 3.8) is 0 Å². The quantitative estimate of drug-likeness (QED) is 0.319. The Morgan fingerprint density at radius 2 is 1.50 bits per heavy atom. The van der Waals surface area contributed by atoms with E-state index in [1.54, 1.807) is 0 Å². The summed E-state index contributed by atoms with van der Waals surface area (Å²) in [5, 5.41) is 0. The number of hydrogen-bond donors (Lipinski definition) is 0. The summed E-state index contributed by atoms with van der Waals surface area (Å²) in [5.41, 5.74) is 1.18. The molecule has 8 heavy (non-hydrogen) atoms. The van der Waals surface area contributed by atoms with E-state index in [2.05, 4.69) is 20.4 Å². The summed E-state index contributed by atoms with van der Waals surface area (Å²) in [5.74, 6) is 1.31. The minimum absolute atomic E-state index is 0. The Balaban J connectivity index is -0.000000125. The SMILES string of the molecule is C=C(C)[C-](C)C.[Cl-].[Mg+2]. The van der Waals surface area contributed by atoms with Crippen LogP contribution in [0.5, 0.6) is 0 Å². The summed E-state index contributed by atoms with van der Waals surface area (Å²) in [6.07, 6.45) is 0. The molecule has 0 saturated heterocycles. The van der Waals surface area contributed by atoms with Gasteiger partial charge in [0, 0.05) is 0 Å². The largest absolute Gasteiger partial charge is 2.00 e. The van der Waals surface area contributed by atoms with E-state index in [0.29, 0.717) is 0 Å². The van der Waals surface area contributed by atoms with E-state index < -0.39 is 0 Å². The molecule has 0 rings (SSSR count). The Morgan fingerprint density at radius 1 is 1.38 bits per heavy atom. The third-order valence-electron chi connectivity index (χ3n) is 0.854. The molecule has 0 spiro atoms. The van der Waals surface area contributed by atoms with E-state index in [0.717, 1.165) is 0 Å². The third kappa shape index (κ3) is 9.83. The molecule has 0 radical (unpaired) electrons. The second-order valence-electron chi connectivity index (χ2n) is 1.78. The molecule has 2 heteroatoms. The van der Waals surface area contributed by atoms with Crippen molar-refractivity contribution in [2.75, 3.05) is 0 Å². The molecule has 0 aromatic carbocycles. The van der Waals surface area contributed by atoms with Gasteiger partial charge in [0.15, 0.2) is 0 Å². The molecule has 0 aromatic rings. The van der Waals surface area contributed by atoms with Crippen LogP contribution in [-0.4, -0.2) is 23.1 Å². The van der Waals surface area contributed by atoms with E-state index in [4.69, 9.17) is 0 Å². The van der Waals surface area contributed by atoms with Crippen LogP contribution < -0.4 is 12.4 Å². The fraction of sp³-hybridized carbons (Fsp3) is 0.500. The van der Waals surface area contributed by atoms with Gasteiger partial charge >= 0.3 is 23.1 Å². The van der Waals surface area contributed by atoms with Crippen LogP contribution in [0, 0.1) is 5.92 Å². The second-order valence-corrected chi connectivity index (χ2v) is 1.78. The second kappa shape index (κ2) is 7.67.